The Morgan fingerprint density at radius 1 is 0.958 bits per heavy atom. The third-order valence-corrected chi connectivity index (χ3v) is 4.41. The minimum atomic E-state index is -0.343. The quantitative estimate of drug-likeness (QED) is 0.496. The molecule has 2 aromatic carbocycles. The minimum Gasteiger partial charge on any atom is -0.497 e. The standard InChI is InChI=1S/C20H16O4/c1-11-8-18(21)24-20-12(2)19-16(9-15(11)20)17(10-23-19)13-4-6-14(22-3)7-5-13/h4-10H,1-3H3. The van der Waals surface area contributed by atoms with E-state index in [1.807, 2.05) is 44.2 Å². The number of ether oxygens (including phenoxy) is 1. The van der Waals surface area contributed by atoms with Crippen LogP contribution in [0, 0.1) is 13.8 Å². The fourth-order valence-corrected chi connectivity index (χ4v) is 3.12. The second-order valence-corrected chi connectivity index (χ2v) is 5.88. The highest BCUT2D eigenvalue weighted by atomic mass is 16.5. The Labute approximate surface area is 138 Å². The summed E-state index contributed by atoms with van der Waals surface area (Å²) in [6, 6.07) is 11.4. The fraction of sp³-hybridized carbons (Fsp3) is 0.150. The van der Waals surface area contributed by atoms with E-state index in [9.17, 15) is 4.79 Å². The molecule has 0 saturated carbocycles. The van der Waals surface area contributed by atoms with Crippen LogP contribution in [0.1, 0.15) is 11.1 Å². The van der Waals surface area contributed by atoms with Crippen molar-refractivity contribution < 1.29 is 13.6 Å². The van der Waals surface area contributed by atoms with Gasteiger partial charge in [-0.3, -0.25) is 0 Å². The highest BCUT2D eigenvalue weighted by Crippen LogP contribution is 2.37. The van der Waals surface area contributed by atoms with Gasteiger partial charge in [0, 0.05) is 28.0 Å². The van der Waals surface area contributed by atoms with Crippen LogP contribution in [0.3, 0.4) is 0 Å². The molecule has 0 fully saturated rings. The first-order valence-corrected chi connectivity index (χ1v) is 7.68. The number of aryl methyl sites for hydroxylation is 2. The van der Waals surface area contributed by atoms with E-state index in [1.165, 1.54) is 6.07 Å². The molecule has 0 spiro atoms. The Morgan fingerprint density at radius 3 is 2.42 bits per heavy atom. The maximum absolute atomic E-state index is 11.7. The van der Waals surface area contributed by atoms with E-state index in [1.54, 1.807) is 13.4 Å². The van der Waals surface area contributed by atoms with Crippen LogP contribution in [0.25, 0.3) is 33.1 Å². The number of methoxy groups -OCH3 is 1. The summed E-state index contributed by atoms with van der Waals surface area (Å²) in [6.07, 6.45) is 1.74. The lowest BCUT2D eigenvalue weighted by Crippen LogP contribution is -1.99. The monoisotopic (exact) mass is 320 g/mol. The molecular weight excluding hydrogens is 304 g/mol. The van der Waals surface area contributed by atoms with Gasteiger partial charge in [0.05, 0.1) is 13.4 Å². The molecule has 0 aliphatic rings. The largest absolute Gasteiger partial charge is 0.497 e. The molecule has 4 heteroatoms. The summed E-state index contributed by atoms with van der Waals surface area (Å²) in [5, 5.41) is 1.93. The van der Waals surface area contributed by atoms with Crippen molar-refractivity contribution in [2.75, 3.05) is 7.11 Å². The maximum Gasteiger partial charge on any atom is 0.336 e. The zero-order chi connectivity index (χ0) is 16.8. The summed E-state index contributed by atoms with van der Waals surface area (Å²) >= 11 is 0. The van der Waals surface area contributed by atoms with E-state index >= 15 is 0 Å². The highest BCUT2D eigenvalue weighted by Gasteiger charge is 2.16. The molecule has 0 N–H and O–H groups in total. The Morgan fingerprint density at radius 2 is 1.71 bits per heavy atom. The van der Waals surface area contributed by atoms with Gasteiger partial charge in [0.2, 0.25) is 0 Å². The number of benzene rings is 2. The first-order valence-electron chi connectivity index (χ1n) is 7.68. The number of hydrogen-bond acceptors (Lipinski definition) is 4. The zero-order valence-corrected chi connectivity index (χ0v) is 13.7. The Bertz CT molecular complexity index is 1110. The summed E-state index contributed by atoms with van der Waals surface area (Å²) in [5.41, 5.74) is 4.76. The van der Waals surface area contributed by atoms with Crippen molar-refractivity contribution in [3.05, 3.63) is 64.2 Å². The van der Waals surface area contributed by atoms with Crippen LogP contribution in [0.4, 0.5) is 0 Å². The van der Waals surface area contributed by atoms with Gasteiger partial charge in [-0.25, -0.2) is 4.79 Å². The first kappa shape index (κ1) is 14.6. The van der Waals surface area contributed by atoms with Gasteiger partial charge in [0.1, 0.15) is 16.9 Å². The molecule has 0 aliphatic carbocycles. The summed E-state index contributed by atoms with van der Waals surface area (Å²) in [6.45, 7) is 3.83. The topological polar surface area (TPSA) is 52.6 Å². The predicted molar refractivity (Wildman–Crippen MR) is 93.7 cm³/mol. The molecule has 0 saturated heterocycles. The first-order chi connectivity index (χ1) is 11.6. The van der Waals surface area contributed by atoms with Gasteiger partial charge >= 0.3 is 5.63 Å². The molecule has 4 nitrogen and oxygen atoms in total. The average Bonchev–Trinajstić information content (AvgIpc) is 3.00. The summed E-state index contributed by atoms with van der Waals surface area (Å²) in [4.78, 5) is 11.7. The molecule has 0 aliphatic heterocycles. The van der Waals surface area contributed by atoms with Crippen molar-refractivity contribution in [3.63, 3.8) is 0 Å². The van der Waals surface area contributed by atoms with Gasteiger partial charge in [0.15, 0.2) is 0 Å². The molecule has 0 unspecified atom stereocenters. The molecule has 0 amide bonds. The van der Waals surface area contributed by atoms with Crippen LogP contribution in [0.15, 0.2) is 56.3 Å². The van der Waals surface area contributed by atoms with Crippen molar-refractivity contribution in [2.24, 2.45) is 0 Å². The maximum atomic E-state index is 11.7. The zero-order valence-electron chi connectivity index (χ0n) is 13.7. The van der Waals surface area contributed by atoms with Crippen LogP contribution in [-0.4, -0.2) is 7.11 Å². The second kappa shape index (κ2) is 5.27. The van der Waals surface area contributed by atoms with Crippen LogP contribution in [0.5, 0.6) is 5.75 Å². The molecule has 4 aromatic rings. The summed E-state index contributed by atoms with van der Waals surface area (Å²) < 4.78 is 16.4. The molecule has 0 radical (unpaired) electrons. The van der Waals surface area contributed by atoms with Gasteiger partial charge < -0.3 is 13.6 Å². The Balaban J connectivity index is 2.03. The number of hydrogen-bond donors (Lipinski definition) is 0. The van der Waals surface area contributed by atoms with Crippen LogP contribution >= 0.6 is 0 Å². The van der Waals surface area contributed by atoms with Gasteiger partial charge in [0.25, 0.3) is 0 Å². The van der Waals surface area contributed by atoms with Gasteiger partial charge in [-0.15, -0.1) is 0 Å². The number of furan rings is 1. The Kier molecular flexibility index (Phi) is 3.20. The average molecular weight is 320 g/mol. The fourth-order valence-electron chi connectivity index (χ4n) is 3.12. The number of rotatable bonds is 2. The van der Waals surface area contributed by atoms with Gasteiger partial charge in [-0.2, -0.15) is 0 Å². The van der Waals surface area contributed by atoms with Crippen LogP contribution in [-0.2, 0) is 0 Å². The van der Waals surface area contributed by atoms with Crippen molar-refractivity contribution in [1.82, 2.24) is 0 Å². The second-order valence-electron chi connectivity index (χ2n) is 5.88. The van der Waals surface area contributed by atoms with Crippen LogP contribution in [0.2, 0.25) is 0 Å². The molecule has 0 bridgehead atoms. The van der Waals surface area contributed by atoms with Gasteiger partial charge in [-0.1, -0.05) is 12.1 Å². The van der Waals surface area contributed by atoms with Crippen molar-refractivity contribution in [3.8, 4) is 16.9 Å². The molecule has 120 valence electrons. The third kappa shape index (κ3) is 2.11. The normalized spacial score (nSPS) is 11.3. The van der Waals surface area contributed by atoms with E-state index < -0.39 is 0 Å². The Hall–Kier alpha value is -3.01. The highest BCUT2D eigenvalue weighted by molar-refractivity contribution is 6.04. The predicted octanol–water partition coefficient (Wildman–Crippen LogP) is 4.83. The lowest BCUT2D eigenvalue weighted by molar-refractivity contribution is 0.415. The van der Waals surface area contributed by atoms with Crippen molar-refractivity contribution in [1.29, 1.82) is 0 Å². The van der Waals surface area contributed by atoms with E-state index in [2.05, 4.69) is 0 Å². The summed E-state index contributed by atoms with van der Waals surface area (Å²) in [7, 11) is 1.65. The summed E-state index contributed by atoms with van der Waals surface area (Å²) in [5.74, 6) is 0.811. The molecule has 0 atom stereocenters. The van der Waals surface area contributed by atoms with E-state index in [4.69, 9.17) is 13.6 Å². The van der Waals surface area contributed by atoms with Crippen molar-refractivity contribution in [2.45, 2.75) is 13.8 Å². The molecular formula is C20H16O4. The molecule has 4 rings (SSSR count). The molecule has 24 heavy (non-hydrogen) atoms. The van der Waals surface area contributed by atoms with Crippen molar-refractivity contribution >= 4 is 21.9 Å². The smallest absolute Gasteiger partial charge is 0.336 e. The van der Waals surface area contributed by atoms with Crippen LogP contribution < -0.4 is 10.4 Å². The van der Waals surface area contributed by atoms with Gasteiger partial charge in [-0.05, 0) is 43.2 Å². The number of fused-ring (bicyclic) bond motifs is 2. The molecule has 2 heterocycles. The van der Waals surface area contributed by atoms with E-state index in [0.29, 0.717) is 5.58 Å². The molecule has 2 aromatic heterocycles. The SMILES string of the molecule is COc1ccc(-c2coc3c(C)c4oc(=O)cc(C)c4cc23)cc1. The van der Waals surface area contributed by atoms with E-state index in [0.717, 1.165) is 44.4 Å². The minimum absolute atomic E-state index is 0.343. The lowest BCUT2D eigenvalue weighted by Gasteiger charge is -2.06. The van der Waals surface area contributed by atoms with E-state index in [-0.39, 0.29) is 5.63 Å². The lowest BCUT2D eigenvalue weighted by atomic mass is 9.99. The third-order valence-electron chi connectivity index (χ3n) is 4.41.